The van der Waals surface area contributed by atoms with Gasteiger partial charge < -0.3 is 16.6 Å². The third kappa shape index (κ3) is 10.4. The zero-order chi connectivity index (χ0) is 28.2. The monoisotopic (exact) mass is 594 g/mol. The van der Waals surface area contributed by atoms with Crippen LogP contribution in [0.2, 0.25) is 10.0 Å². The second-order valence-corrected chi connectivity index (χ2v) is 11.5. The molecule has 0 bridgehead atoms. The van der Waals surface area contributed by atoms with Crippen LogP contribution in [-0.4, -0.2) is 37.7 Å². The van der Waals surface area contributed by atoms with Gasteiger partial charge in [0.2, 0.25) is 0 Å². The Kier molecular flexibility index (Phi) is 13.3. The number of aliphatic hydroxyl groups excluding tert-OH is 1. The van der Waals surface area contributed by atoms with Crippen LogP contribution in [-0.2, 0) is 4.79 Å². The summed E-state index contributed by atoms with van der Waals surface area (Å²) in [6.45, 7) is 3.51. The number of halogens is 2. The summed E-state index contributed by atoms with van der Waals surface area (Å²) in [5.74, 6) is -1.32. The van der Waals surface area contributed by atoms with E-state index in [9.17, 15) is 9.90 Å². The first kappa shape index (κ1) is 31.8. The molecule has 2 aromatic carbocycles. The highest BCUT2D eigenvalue weighted by molar-refractivity contribution is 8.26. The summed E-state index contributed by atoms with van der Waals surface area (Å²) in [5.41, 5.74) is 13.2. The Morgan fingerprint density at radius 1 is 0.895 bits per heavy atom. The lowest BCUT2D eigenvalue weighted by Crippen LogP contribution is -2.19. The number of thioether (sulfide) groups is 2. The van der Waals surface area contributed by atoms with Crippen LogP contribution in [0.3, 0.4) is 0 Å². The van der Waals surface area contributed by atoms with Crippen molar-refractivity contribution in [2.24, 2.45) is 21.5 Å². The Bertz CT molecular complexity index is 1210. The number of amides is 1. The van der Waals surface area contributed by atoms with Crippen molar-refractivity contribution in [3.8, 4) is 0 Å². The zero-order valence-electron chi connectivity index (χ0n) is 21.2. The number of nitrogens with one attached hydrogen (secondary N) is 2. The first-order chi connectivity index (χ1) is 18.0. The molecule has 0 aliphatic rings. The van der Waals surface area contributed by atoms with E-state index in [1.807, 2.05) is 18.2 Å². The van der Waals surface area contributed by atoms with Crippen molar-refractivity contribution >= 4 is 73.1 Å². The number of unbranched alkanes of at least 4 members (excludes halogenated alkanes) is 1. The molecule has 0 saturated carbocycles. The number of nitrogens with zero attached hydrogens (tertiary/aromatic N) is 2. The minimum atomic E-state index is -1.08. The first-order valence-electron chi connectivity index (χ1n) is 11.9. The van der Waals surface area contributed by atoms with Gasteiger partial charge in [-0.3, -0.25) is 15.6 Å². The number of rotatable bonds is 10. The van der Waals surface area contributed by atoms with Crippen LogP contribution in [0.15, 0.2) is 58.5 Å². The van der Waals surface area contributed by atoms with Crippen molar-refractivity contribution in [2.75, 3.05) is 0 Å². The molecular weight excluding hydrogens is 563 g/mol. The summed E-state index contributed by atoms with van der Waals surface area (Å²) in [7, 11) is 0. The average molecular weight is 596 g/mol. The van der Waals surface area contributed by atoms with E-state index in [4.69, 9.17) is 45.5 Å². The van der Waals surface area contributed by atoms with Crippen molar-refractivity contribution in [1.82, 2.24) is 0 Å². The van der Waals surface area contributed by atoms with Crippen molar-refractivity contribution < 1.29 is 9.90 Å². The van der Waals surface area contributed by atoms with Crippen LogP contribution in [0, 0.1) is 10.8 Å². The molecule has 3 unspecified atom stereocenters. The molecule has 0 aliphatic carbocycles. The number of aliphatic hydroxyl groups is 1. The smallest absolute Gasteiger partial charge is 0.255 e. The number of carbonyl (C=O) groups excluding carboxylic acids is 1. The molecule has 0 aliphatic heterocycles. The van der Waals surface area contributed by atoms with Crippen LogP contribution in [0.1, 0.15) is 62.5 Å². The first-order valence-corrected chi connectivity index (χ1v) is 14.3. The third-order valence-corrected chi connectivity index (χ3v) is 7.78. The normalized spacial score (nSPS) is 14.6. The van der Waals surface area contributed by atoms with E-state index in [0.717, 1.165) is 29.1 Å². The molecule has 0 spiro atoms. The number of aliphatic imine (C=N–C) groups is 2. The van der Waals surface area contributed by atoms with Gasteiger partial charge in [-0.1, -0.05) is 66.5 Å². The number of carbonyl (C=O) groups is 1. The van der Waals surface area contributed by atoms with Crippen LogP contribution in [0.5, 0.6) is 0 Å². The van der Waals surface area contributed by atoms with Gasteiger partial charge in [0, 0.05) is 16.0 Å². The maximum absolute atomic E-state index is 12.4. The third-order valence-electron chi connectivity index (χ3n) is 5.58. The van der Waals surface area contributed by atoms with E-state index >= 15 is 0 Å². The number of amidine groups is 2. The second kappa shape index (κ2) is 15.9. The summed E-state index contributed by atoms with van der Waals surface area (Å²) in [6, 6.07) is 14.3. The SMILES string of the molecule is CC(C(=O)N=C(N)SC(=N)CCCCC(=N)SC(N)=NC(O)C(C)c1ccccc1Cl)c1ccccc1Cl. The average Bonchev–Trinajstić information content (AvgIpc) is 2.86. The molecular formula is C26H32Cl2N6O2S2. The lowest BCUT2D eigenvalue weighted by atomic mass is 10.00. The predicted molar refractivity (Wildman–Crippen MR) is 163 cm³/mol. The van der Waals surface area contributed by atoms with Crippen molar-refractivity contribution in [3.05, 3.63) is 69.7 Å². The highest BCUT2D eigenvalue weighted by atomic mass is 35.5. The molecule has 2 aromatic rings. The molecule has 0 saturated heterocycles. The molecule has 7 N–H and O–H groups in total. The van der Waals surface area contributed by atoms with Crippen LogP contribution in [0.25, 0.3) is 0 Å². The molecule has 2 rings (SSSR count). The topological polar surface area (TPSA) is 162 Å². The van der Waals surface area contributed by atoms with Gasteiger partial charge in [-0.25, -0.2) is 4.99 Å². The van der Waals surface area contributed by atoms with E-state index in [-0.39, 0.29) is 21.3 Å². The van der Waals surface area contributed by atoms with Crippen molar-refractivity contribution in [3.63, 3.8) is 0 Å². The molecule has 0 aromatic heterocycles. The van der Waals surface area contributed by atoms with E-state index < -0.39 is 18.1 Å². The Labute approximate surface area is 241 Å². The van der Waals surface area contributed by atoms with E-state index in [1.54, 1.807) is 44.2 Å². The Balaban J connectivity index is 1.73. The van der Waals surface area contributed by atoms with Gasteiger partial charge in [0.05, 0.1) is 16.0 Å². The van der Waals surface area contributed by atoms with Gasteiger partial charge in [-0.15, -0.1) is 0 Å². The minimum absolute atomic E-state index is 0.00997. The number of hydrogen-bond acceptors (Lipinski definition) is 7. The van der Waals surface area contributed by atoms with Gasteiger partial charge in [0.1, 0.15) is 0 Å². The summed E-state index contributed by atoms with van der Waals surface area (Å²) >= 11 is 14.3. The molecule has 0 heterocycles. The van der Waals surface area contributed by atoms with Gasteiger partial charge in [-0.2, -0.15) is 4.99 Å². The van der Waals surface area contributed by atoms with E-state index in [0.29, 0.717) is 46.3 Å². The molecule has 3 atom stereocenters. The Morgan fingerprint density at radius 2 is 1.37 bits per heavy atom. The van der Waals surface area contributed by atoms with Crippen LogP contribution in [0.4, 0.5) is 0 Å². The fourth-order valence-corrected chi connectivity index (χ4v) is 5.29. The van der Waals surface area contributed by atoms with Crippen LogP contribution >= 0.6 is 46.7 Å². The Hall–Kier alpha value is -2.37. The summed E-state index contributed by atoms with van der Waals surface area (Å²) in [5, 5.41) is 28.4. The minimum Gasteiger partial charge on any atom is -0.378 e. The lowest BCUT2D eigenvalue weighted by molar-refractivity contribution is -0.118. The molecule has 38 heavy (non-hydrogen) atoms. The largest absolute Gasteiger partial charge is 0.378 e. The maximum Gasteiger partial charge on any atom is 0.255 e. The molecule has 0 radical (unpaired) electrons. The van der Waals surface area contributed by atoms with Gasteiger partial charge in [-0.05, 0) is 79.4 Å². The molecule has 12 heteroatoms. The predicted octanol–water partition coefficient (Wildman–Crippen LogP) is 6.36. The maximum atomic E-state index is 12.4. The van der Waals surface area contributed by atoms with Crippen molar-refractivity contribution in [2.45, 2.75) is 57.6 Å². The molecule has 8 nitrogen and oxygen atoms in total. The number of nitrogens with two attached hydrogens (primary N) is 2. The molecule has 1 amide bonds. The highest BCUT2D eigenvalue weighted by Crippen LogP contribution is 2.28. The lowest BCUT2D eigenvalue weighted by Gasteiger charge is -2.17. The molecule has 204 valence electrons. The zero-order valence-corrected chi connectivity index (χ0v) is 24.3. The van der Waals surface area contributed by atoms with Gasteiger partial charge >= 0.3 is 0 Å². The summed E-state index contributed by atoms with van der Waals surface area (Å²) in [6.07, 6.45) is 1.10. The summed E-state index contributed by atoms with van der Waals surface area (Å²) < 4.78 is 0. The van der Waals surface area contributed by atoms with Crippen molar-refractivity contribution in [1.29, 1.82) is 10.8 Å². The van der Waals surface area contributed by atoms with Gasteiger partial charge in [0.25, 0.3) is 5.91 Å². The fourth-order valence-electron chi connectivity index (χ4n) is 3.39. The fraction of sp³-hybridized carbons (Fsp3) is 0.346. The van der Waals surface area contributed by atoms with Gasteiger partial charge in [0.15, 0.2) is 16.6 Å². The Morgan fingerprint density at radius 3 is 1.89 bits per heavy atom. The summed E-state index contributed by atoms with van der Waals surface area (Å²) in [4.78, 5) is 20.4. The number of benzene rings is 2. The highest BCUT2D eigenvalue weighted by Gasteiger charge is 2.19. The second-order valence-electron chi connectivity index (χ2n) is 8.48. The number of hydrogen-bond donors (Lipinski definition) is 5. The van der Waals surface area contributed by atoms with E-state index in [1.165, 1.54) is 0 Å². The van der Waals surface area contributed by atoms with E-state index in [2.05, 4.69) is 9.98 Å². The quantitative estimate of drug-likeness (QED) is 0.122. The standard InChI is InChI=1S/C26H32Cl2N6O2S2/c1-15(17-9-3-5-11-19(17)27)23(35)33-25(31)37-21(29)13-7-8-14-22(30)38-26(32)34-24(36)16(2)18-10-4-6-12-20(18)28/h3-6,9-12,15-16,23,29-30,35H,7-8,13-14H2,1-2H3,(H2,31,33)(H2,32,34,36). The molecule has 0 fully saturated rings. The van der Waals surface area contributed by atoms with Crippen LogP contribution < -0.4 is 11.5 Å².